The number of carbonyl (C=O) groups excluding carboxylic acids is 1. The van der Waals surface area contributed by atoms with Crippen LogP contribution in [0.3, 0.4) is 0 Å². The van der Waals surface area contributed by atoms with E-state index in [0.717, 1.165) is 18.5 Å². The van der Waals surface area contributed by atoms with Crippen LogP contribution >= 0.6 is 0 Å². The fraction of sp³-hybridized carbons (Fsp3) is 0.500. The second-order valence-electron chi connectivity index (χ2n) is 5.30. The van der Waals surface area contributed by atoms with Crippen LogP contribution in [0.1, 0.15) is 56.6 Å². The molecule has 1 amide bonds. The summed E-state index contributed by atoms with van der Waals surface area (Å²) < 4.78 is 0. The molecule has 0 atom stereocenters. The monoisotopic (exact) mass is 273 g/mol. The van der Waals surface area contributed by atoms with E-state index in [1.54, 1.807) is 6.08 Å². The van der Waals surface area contributed by atoms with Crippen molar-refractivity contribution < 1.29 is 4.79 Å². The van der Waals surface area contributed by atoms with Crippen LogP contribution < -0.4 is 5.32 Å². The molecule has 0 fully saturated rings. The Labute approximate surface area is 123 Å². The van der Waals surface area contributed by atoms with Crippen molar-refractivity contribution in [2.24, 2.45) is 0 Å². The number of hydrogen-bond donors (Lipinski definition) is 1. The number of unbranched alkanes of at least 4 members (excludes halogenated alkanes) is 5. The predicted molar refractivity (Wildman–Crippen MR) is 86.6 cm³/mol. The lowest BCUT2D eigenvalue weighted by molar-refractivity contribution is -0.116. The molecule has 0 saturated carbocycles. The molecule has 0 radical (unpaired) electrons. The predicted octanol–water partition coefficient (Wildman–Crippen LogP) is 4.48. The first kappa shape index (κ1) is 16.5. The summed E-state index contributed by atoms with van der Waals surface area (Å²) in [5.41, 5.74) is 2.29. The zero-order valence-electron chi connectivity index (χ0n) is 12.8. The molecule has 20 heavy (non-hydrogen) atoms. The van der Waals surface area contributed by atoms with Gasteiger partial charge in [-0.2, -0.15) is 0 Å². The largest absolute Gasteiger partial charge is 0.353 e. The van der Waals surface area contributed by atoms with E-state index in [9.17, 15) is 4.79 Å². The van der Waals surface area contributed by atoms with Crippen LogP contribution in [-0.2, 0) is 4.79 Å². The van der Waals surface area contributed by atoms with Crippen LogP contribution in [0.15, 0.2) is 30.3 Å². The molecule has 0 heterocycles. The maximum atomic E-state index is 11.6. The first-order chi connectivity index (χ1) is 9.72. The van der Waals surface area contributed by atoms with Crippen LogP contribution in [0, 0.1) is 6.92 Å². The lowest BCUT2D eigenvalue weighted by Gasteiger charge is -2.02. The molecule has 1 aromatic rings. The average Bonchev–Trinajstić information content (AvgIpc) is 2.46. The molecule has 2 nitrogen and oxygen atoms in total. The highest BCUT2D eigenvalue weighted by Gasteiger charge is 1.95. The highest BCUT2D eigenvalue weighted by molar-refractivity contribution is 5.91. The summed E-state index contributed by atoms with van der Waals surface area (Å²) in [4.78, 5) is 11.6. The van der Waals surface area contributed by atoms with Gasteiger partial charge in [-0.3, -0.25) is 4.79 Å². The van der Waals surface area contributed by atoms with Gasteiger partial charge in [-0.1, -0.05) is 68.9 Å². The number of carbonyl (C=O) groups is 1. The molecule has 0 unspecified atom stereocenters. The van der Waals surface area contributed by atoms with E-state index in [4.69, 9.17) is 0 Å². The van der Waals surface area contributed by atoms with E-state index < -0.39 is 0 Å². The SMILES string of the molecule is CCCCCCCCNC(=O)C=Cc1ccc(C)cc1. The lowest BCUT2D eigenvalue weighted by atomic mass is 10.1. The molecular formula is C18H27NO. The first-order valence-electron chi connectivity index (χ1n) is 7.75. The summed E-state index contributed by atoms with van der Waals surface area (Å²) in [5, 5.41) is 2.93. The zero-order chi connectivity index (χ0) is 14.6. The van der Waals surface area contributed by atoms with Gasteiger partial charge in [0.15, 0.2) is 0 Å². The van der Waals surface area contributed by atoms with Gasteiger partial charge >= 0.3 is 0 Å². The van der Waals surface area contributed by atoms with E-state index in [-0.39, 0.29) is 5.91 Å². The summed E-state index contributed by atoms with van der Waals surface area (Å²) >= 11 is 0. The van der Waals surface area contributed by atoms with E-state index in [0.29, 0.717) is 0 Å². The van der Waals surface area contributed by atoms with Gasteiger partial charge in [-0.15, -0.1) is 0 Å². The highest BCUT2D eigenvalue weighted by atomic mass is 16.1. The van der Waals surface area contributed by atoms with Crippen LogP contribution in [0.2, 0.25) is 0 Å². The molecule has 0 saturated heterocycles. The topological polar surface area (TPSA) is 29.1 Å². The second-order valence-corrected chi connectivity index (χ2v) is 5.30. The first-order valence-corrected chi connectivity index (χ1v) is 7.75. The third kappa shape index (κ3) is 7.78. The quantitative estimate of drug-likeness (QED) is 0.521. The van der Waals surface area contributed by atoms with Crippen LogP contribution in [0.5, 0.6) is 0 Å². The summed E-state index contributed by atoms with van der Waals surface area (Å²) in [7, 11) is 0. The van der Waals surface area contributed by atoms with Gasteiger partial charge in [0.2, 0.25) is 5.91 Å². The van der Waals surface area contributed by atoms with Crippen molar-refractivity contribution in [1.29, 1.82) is 0 Å². The highest BCUT2D eigenvalue weighted by Crippen LogP contribution is 2.05. The van der Waals surface area contributed by atoms with Gasteiger partial charge in [0.05, 0.1) is 0 Å². The Morgan fingerprint density at radius 3 is 2.40 bits per heavy atom. The number of hydrogen-bond acceptors (Lipinski definition) is 1. The fourth-order valence-corrected chi connectivity index (χ4v) is 2.03. The summed E-state index contributed by atoms with van der Waals surface area (Å²) in [6.07, 6.45) is 11.0. The molecule has 110 valence electrons. The molecular weight excluding hydrogens is 246 g/mol. The molecule has 0 spiro atoms. The van der Waals surface area contributed by atoms with Crippen LogP contribution in [0.25, 0.3) is 6.08 Å². The van der Waals surface area contributed by atoms with E-state index in [1.165, 1.54) is 37.7 Å². The summed E-state index contributed by atoms with van der Waals surface area (Å²) in [5.74, 6) is -0.000803. The normalized spacial score (nSPS) is 10.9. The van der Waals surface area contributed by atoms with Crippen molar-refractivity contribution in [2.75, 3.05) is 6.54 Å². The Bertz CT molecular complexity index is 406. The fourth-order valence-electron chi connectivity index (χ4n) is 2.03. The van der Waals surface area contributed by atoms with Gasteiger partial charge in [-0.05, 0) is 25.0 Å². The molecule has 0 bridgehead atoms. The number of aryl methyl sites for hydroxylation is 1. The van der Waals surface area contributed by atoms with Crippen LogP contribution in [-0.4, -0.2) is 12.5 Å². The van der Waals surface area contributed by atoms with Crippen molar-refractivity contribution in [3.63, 3.8) is 0 Å². The minimum absolute atomic E-state index is 0.000803. The third-order valence-electron chi connectivity index (χ3n) is 3.33. The number of rotatable bonds is 9. The Hall–Kier alpha value is -1.57. The van der Waals surface area contributed by atoms with Gasteiger partial charge in [0, 0.05) is 12.6 Å². The van der Waals surface area contributed by atoms with E-state index in [2.05, 4.69) is 19.2 Å². The Kier molecular flexibility index (Phi) is 8.44. The second kappa shape index (κ2) is 10.2. The van der Waals surface area contributed by atoms with Crippen molar-refractivity contribution in [3.8, 4) is 0 Å². The third-order valence-corrected chi connectivity index (χ3v) is 3.33. The van der Waals surface area contributed by atoms with Gasteiger partial charge in [0.1, 0.15) is 0 Å². The summed E-state index contributed by atoms with van der Waals surface area (Å²) in [6, 6.07) is 8.14. The van der Waals surface area contributed by atoms with Crippen molar-refractivity contribution >= 4 is 12.0 Å². The van der Waals surface area contributed by atoms with Crippen LogP contribution in [0.4, 0.5) is 0 Å². The average molecular weight is 273 g/mol. The van der Waals surface area contributed by atoms with E-state index >= 15 is 0 Å². The van der Waals surface area contributed by atoms with Gasteiger partial charge < -0.3 is 5.32 Å². The molecule has 0 aliphatic carbocycles. The maximum Gasteiger partial charge on any atom is 0.243 e. The van der Waals surface area contributed by atoms with Crippen molar-refractivity contribution in [2.45, 2.75) is 52.4 Å². The summed E-state index contributed by atoms with van der Waals surface area (Å²) in [6.45, 7) is 5.06. The Morgan fingerprint density at radius 1 is 1.05 bits per heavy atom. The maximum absolute atomic E-state index is 11.6. The lowest BCUT2D eigenvalue weighted by Crippen LogP contribution is -2.21. The smallest absolute Gasteiger partial charge is 0.243 e. The van der Waals surface area contributed by atoms with Gasteiger partial charge in [-0.25, -0.2) is 0 Å². The van der Waals surface area contributed by atoms with Gasteiger partial charge in [0.25, 0.3) is 0 Å². The Morgan fingerprint density at radius 2 is 1.70 bits per heavy atom. The molecule has 1 N–H and O–H groups in total. The van der Waals surface area contributed by atoms with Crippen molar-refractivity contribution in [1.82, 2.24) is 5.32 Å². The van der Waals surface area contributed by atoms with Crippen molar-refractivity contribution in [3.05, 3.63) is 41.5 Å². The zero-order valence-corrected chi connectivity index (χ0v) is 12.8. The van der Waals surface area contributed by atoms with E-state index in [1.807, 2.05) is 30.3 Å². The molecule has 0 aliphatic rings. The standard InChI is InChI=1S/C18H27NO/c1-3-4-5-6-7-8-15-19-18(20)14-13-17-11-9-16(2)10-12-17/h9-14H,3-8,15H2,1-2H3,(H,19,20). The molecule has 0 aromatic heterocycles. The molecule has 1 rings (SSSR count). The number of nitrogens with one attached hydrogen (secondary N) is 1. The Balaban J connectivity index is 2.12. The minimum Gasteiger partial charge on any atom is -0.353 e. The molecule has 2 heteroatoms. The molecule has 0 aliphatic heterocycles. The number of benzene rings is 1. The number of amides is 1. The molecule has 1 aromatic carbocycles. The minimum atomic E-state index is -0.000803.